The van der Waals surface area contributed by atoms with Gasteiger partial charge in [0.15, 0.2) is 0 Å². The van der Waals surface area contributed by atoms with Crippen LogP contribution in [0.1, 0.15) is 41.3 Å². The summed E-state index contributed by atoms with van der Waals surface area (Å²) in [4.78, 5) is 10.6. The molecule has 0 saturated carbocycles. The molecule has 1 rings (SSSR count). The van der Waals surface area contributed by atoms with Gasteiger partial charge in [-0.15, -0.1) is 0 Å². The standard InChI is InChI=1S/C11H13FO/c1-7(2)10-5-9(6-13)8(3)4-11(10)12/h4-7H,1-3H3. The smallest absolute Gasteiger partial charge is 0.150 e. The number of benzene rings is 1. The van der Waals surface area contributed by atoms with E-state index in [1.165, 1.54) is 6.07 Å². The Kier molecular flexibility index (Phi) is 2.81. The summed E-state index contributed by atoms with van der Waals surface area (Å²) in [6, 6.07) is 3.04. The van der Waals surface area contributed by atoms with Gasteiger partial charge in [-0.2, -0.15) is 0 Å². The fourth-order valence-corrected chi connectivity index (χ4v) is 1.28. The van der Waals surface area contributed by atoms with Gasteiger partial charge in [0.25, 0.3) is 0 Å². The molecule has 1 aromatic carbocycles. The van der Waals surface area contributed by atoms with E-state index < -0.39 is 0 Å². The lowest BCUT2D eigenvalue weighted by Gasteiger charge is -2.09. The second-order valence-electron chi connectivity index (χ2n) is 3.50. The Morgan fingerprint density at radius 1 is 1.38 bits per heavy atom. The molecule has 0 radical (unpaired) electrons. The van der Waals surface area contributed by atoms with E-state index in [4.69, 9.17) is 0 Å². The van der Waals surface area contributed by atoms with Gasteiger partial charge in [-0.3, -0.25) is 4.79 Å². The molecule has 0 aliphatic rings. The Morgan fingerprint density at radius 2 is 2.00 bits per heavy atom. The summed E-state index contributed by atoms with van der Waals surface area (Å²) in [5.74, 6) is -0.114. The average molecular weight is 180 g/mol. The van der Waals surface area contributed by atoms with Crippen molar-refractivity contribution in [3.05, 3.63) is 34.6 Å². The third-order valence-electron chi connectivity index (χ3n) is 2.13. The topological polar surface area (TPSA) is 17.1 Å². The largest absolute Gasteiger partial charge is 0.298 e. The molecule has 0 saturated heterocycles. The van der Waals surface area contributed by atoms with E-state index in [0.29, 0.717) is 16.7 Å². The third kappa shape index (κ3) is 1.94. The van der Waals surface area contributed by atoms with Crippen LogP contribution in [-0.4, -0.2) is 6.29 Å². The Labute approximate surface area is 77.6 Å². The van der Waals surface area contributed by atoms with Gasteiger partial charge in [0, 0.05) is 5.56 Å². The lowest BCUT2D eigenvalue weighted by Crippen LogP contribution is -1.97. The molecule has 0 aliphatic carbocycles. The molecule has 0 spiro atoms. The molecule has 70 valence electrons. The van der Waals surface area contributed by atoms with Crippen LogP contribution >= 0.6 is 0 Å². The number of hydrogen-bond donors (Lipinski definition) is 0. The molecule has 0 unspecified atom stereocenters. The van der Waals surface area contributed by atoms with Gasteiger partial charge in [0.1, 0.15) is 12.1 Å². The first kappa shape index (κ1) is 9.90. The fourth-order valence-electron chi connectivity index (χ4n) is 1.28. The number of aldehydes is 1. The van der Waals surface area contributed by atoms with Crippen molar-refractivity contribution in [1.29, 1.82) is 0 Å². The molecule has 0 aromatic heterocycles. The zero-order valence-electron chi connectivity index (χ0n) is 8.10. The highest BCUT2D eigenvalue weighted by molar-refractivity contribution is 5.77. The van der Waals surface area contributed by atoms with Crippen LogP contribution in [0.3, 0.4) is 0 Å². The van der Waals surface area contributed by atoms with Gasteiger partial charge in [-0.1, -0.05) is 13.8 Å². The highest BCUT2D eigenvalue weighted by Gasteiger charge is 2.09. The first-order chi connectivity index (χ1) is 6.06. The number of rotatable bonds is 2. The molecular formula is C11H13FO. The highest BCUT2D eigenvalue weighted by atomic mass is 19.1. The van der Waals surface area contributed by atoms with Crippen LogP contribution in [0.25, 0.3) is 0 Å². The molecule has 0 N–H and O–H groups in total. The van der Waals surface area contributed by atoms with Crippen molar-refractivity contribution in [3.63, 3.8) is 0 Å². The maximum Gasteiger partial charge on any atom is 0.150 e. The predicted molar refractivity (Wildman–Crippen MR) is 50.6 cm³/mol. The number of carbonyl (C=O) groups excluding carboxylic acids is 1. The Bertz CT molecular complexity index is 329. The summed E-state index contributed by atoms with van der Waals surface area (Å²) in [6.07, 6.45) is 0.765. The van der Waals surface area contributed by atoms with Crippen LogP contribution in [-0.2, 0) is 0 Å². The SMILES string of the molecule is Cc1cc(F)c(C(C)C)cc1C=O. The van der Waals surface area contributed by atoms with E-state index in [0.717, 1.165) is 6.29 Å². The molecule has 1 aromatic rings. The van der Waals surface area contributed by atoms with Crippen LogP contribution in [0, 0.1) is 12.7 Å². The van der Waals surface area contributed by atoms with Crippen LogP contribution in [0.2, 0.25) is 0 Å². The van der Waals surface area contributed by atoms with Crippen LogP contribution in [0.15, 0.2) is 12.1 Å². The third-order valence-corrected chi connectivity index (χ3v) is 2.13. The van der Waals surface area contributed by atoms with E-state index in [-0.39, 0.29) is 11.7 Å². The van der Waals surface area contributed by atoms with Crippen molar-refractivity contribution >= 4 is 6.29 Å². The minimum Gasteiger partial charge on any atom is -0.298 e. The predicted octanol–water partition coefficient (Wildman–Crippen LogP) is 3.07. The molecule has 0 aliphatic heterocycles. The van der Waals surface area contributed by atoms with E-state index >= 15 is 0 Å². The Balaban J connectivity index is 3.30. The monoisotopic (exact) mass is 180 g/mol. The maximum atomic E-state index is 13.3. The normalized spacial score (nSPS) is 10.5. The number of carbonyl (C=O) groups is 1. The molecule has 0 heterocycles. The van der Waals surface area contributed by atoms with E-state index in [9.17, 15) is 9.18 Å². The molecule has 0 fully saturated rings. The van der Waals surface area contributed by atoms with Crippen LogP contribution in [0.5, 0.6) is 0 Å². The number of aryl methyl sites for hydroxylation is 1. The van der Waals surface area contributed by atoms with Gasteiger partial charge in [-0.05, 0) is 36.1 Å². The first-order valence-electron chi connectivity index (χ1n) is 4.31. The van der Waals surface area contributed by atoms with Gasteiger partial charge >= 0.3 is 0 Å². The maximum absolute atomic E-state index is 13.3. The lowest BCUT2D eigenvalue weighted by molar-refractivity contribution is 0.112. The summed E-state index contributed by atoms with van der Waals surface area (Å²) in [5, 5.41) is 0. The lowest BCUT2D eigenvalue weighted by atomic mass is 9.98. The summed E-state index contributed by atoms with van der Waals surface area (Å²) in [5.41, 5.74) is 1.87. The first-order valence-corrected chi connectivity index (χ1v) is 4.31. The van der Waals surface area contributed by atoms with Crippen molar-refractivity contribution in [2.75, 3.05) is 0 Å². The Hall–Kier alpha value is -1.18. The molecular weight excluding hydrogens is 167 g/mol. The van der Waals surface area contributed by atoms with Gasteiger partial charge in [-0.25, -0.2) is 4.39 Å². The minimum atomic E-state index is -0.224. The zero-order valence-corrected chi connectivity index (χ0v) is 8.10. The van der Waals surface area contributed by atoms with Crippen molar-refractivity contribution in [3.8, 4) is 0 Å². The van der Waals surface area contributed by atoms with Gasteiger partial charge < -0.3 is 0 Å². The van der Waals surface area contributed by atoms with Crippen LogP contribution in [0.4, 0.5) is 4.39 Å². The molecule has 2 heteroatoms. The molecule has 0 bridgehead atoms. The second kappa shape index (κ2) is 3.69. The van der Waals surface area contributed by atoms with Crippen molar-refractivity contribution in [1.82, 2.24) is 0 Å². The highest BCUT2D eigenvalue weighted by Crippen LogP contribution is 2.21. The number of hydrogen-bond acceptors (Lipinski definition) is 1. The van der Waals surface area contributed by atoms with Gasteiger partial charge in [0.2, 0.25) is 0 Å². The summed E-state index contributed by atoms with van der Waals surface area (Å²) in [6.45, 7) is 5.54. The quantitative estimate of drug-likeness (QED) is 0.639. The van der Waals surface area contributed by atoms with E-state index in [1.807, 2.05) is 13.8 Å². The summed E-state index contributed by atoms with van der Waals surface area (Å²) in [7, 11) is 0. The summed E-state index contributed by atoms with van der Waals surface area (Å²) < 4.78 is 13.3. The molecule has 1 nitrogen and oxygen atoms in total. The fraction of sp³-hybridized carbons (Fsp3) is 0.364. The van der Waals surface area contributed by atoms with Crippen LogP contribution < -0.4 is 0 Å². The van der Waals surface area contributed by atoms with E-state index in [2.05, 4.69) is 0 Å². The molecule has 0 amide bonds. The molecule has 13 heavy (non-hydrogen) atoms. The van der Waals surface area contributed by atoms with Gasteiger partial charge in [0.05, 0.1) is 0 Å². The Morgan fingerprint density at radius 3 is 2.46 bits per heavy atom. The van der Waals surface area contributed by atoms with Crippen molar-refractivity contribution in [2.24, 2.45) is 0 Å². The van der Waals surface area contributed by atoms with E-state index in [1.54, 1.807) is 13.0 Å². The number of halogens is 1. The zero-order chi connectivity index (χ0) is 10.0. The second-order valence-corrected chi connectivity index (χ2v) is 3.50. The summed E-state index contributed by atoms with van der Waals surface area (Å²) >= 11 is 0. The average Bonchev–Trinajstić information content (AvgIpc) is 2.03. The van der Waals surface area contributed by atoms with Crippen molar-refractivity contribution < 1.29 is 9.18 Å². The van der Waals surface area contributed by atoms with Crippen molar-refractivity contribution in [2.45, 2.75) is 26.7 Å². The minimum absolute atomic E-state index is 0.110. The molecule has 0 atom stereocenters.